The van der Waals surface area contributed by atoms with Crippen LogP contribution in [-0.4, -0.2) is 22.2 Å². The topological polar surface area (TPSA) is 74.6 Å². The number of allylic oxidation sites excluding steroid dienone is 2. The van der Waals surface area contributed by atoms with Gasteiger partial charge in [0.15, 0.2) is 0 Å². The summed E-state index contributed by atoms with van der Waals surface area (Å²) in [6.45, 7) is 3.29. The minimum absolute atomic E-state index is 0.0248. The van der Waals surface area contributed by atoms with E-state index in [4.69, 9.17) is 10.2 Å². The van der Waals surface area contributed by atoms with Gasteiger partial charge in [0.05, 0.1) is 0 Å². The Hall–Kier alpha value is -1.58. The summed E-state index contributed by atoms with van der Waals surface area (Å²) in [6, 6.07) is 0. The van der Waals surface area contributed by atoms with E-state index in [9.17, 15) is 9.59 Å². The molecule has 0 aliphatic heterocycles. The minimum atomic E-state index is -1.17. The summed E-state index contributed by atoms with van der Waals surface area (Å²) >= 11 is 0. The molecule has 2 N–H and O–H groups in total. The van der Waals surface area contributed by atoms with E-state index >= 15 is 0 Å². The van der Waals surface area contributed by atoms with Gasteiger partial charge in [-0.2, -0.15) is 0 Å². The molecule has 0 rings (SSSR count). The molecule has 0 spiro atoms. The van der Waals surface area contributed by atoms with Crippen LogP contribution in [0.25, 0.3) is 0 Å². The smallest absolute Gasteiger partial charge is 0.332 e. The van der Waals surface area contributed by atoms with Gasteiger partial charge in [0.1, 0.15) is 0 Å². The fourth-order valence-electron chi connectivity index (χ4n) is 1.10. The van der Waals surface area contributed by atoms with E-state index in [1.54, 1.807) is 0 Å². The van der Waals surface area contributed by atoms with Crippen LogP contribution in [0.5, 0.6) is 0 Å². The summed E-state index contributed by atoms with van der Waals surface area (Å²) in [7, 11) is 0. The molecule has 15 heavy (non-hydrogen) atoms. The molecule has 0 radical (unpaired) electrons. The Labute approximate surface area is 88.9 Å². The molecule has 0 aliphatic carbocycles. The monoisotopic (exact) mass is 212 g/mol. The molecule has 0 aromatic rings. The molecule has 0 heterocycles. The second kappa shape index (κ2) is 6.81. The second-order valence-electron chi connectivity index (χ2n) is 3.13. The Morgan fingerprint density at radius 3 is 2.13 bits per heavy atom. The molecular weight excluding hydrogens is 196 g/mol. The van der Waals surface area contributed by atoms with Gasteiger partial charge in [0.2, 0.25) is 0 Å². The molecule has 0 saturated carbocycles. The average Bonchev–Trinajstić information content (AvgIpc) is 2.16. The Bertz CT molecular complexity index is 300. The molecule has 0 aromatic heterocycles. The first-order valence-electron chi connectivity index (χ1n) is 4.82. The second-order valence-corrected chi connectivity index (χ2v) is 3.13. The highest BCUT2D eigenvalue weighted by atomic mass is 16.4. The summed E-state index contributed by atoms with van der Waals surface area (Å²) in [5, 5.41) is 17.5. The van der Waals surface area contributed by atoms with E-state index in [1.807, 2.05) is 19.1 Å². The molecule has 0 fully saturated rings. The first-order valence-corrected chi connectivity index (χ1v) is 4.82. The van der Waals surface area contributed by atoms with Crippen molar-refractivity contribution in [1.29, 1.82) is 0 Å². The van der Waals surface area contributed by atoms with E-state index < -0.39 is 11.9 Å². The summed E-state index contributed by atoms with van der Waals surface area (Å²) in [5.41, 5.74) is -0.115. The first-order chi connectivity index (χ1) is 7.00. The Morgan fingerprint density at radius 1 is 1.13 bits per heavy atom. The molecule has 0 bridgehead atoms. The van der Waals surface area contributed by atoms with Crippen molar-refractivity contribution in [3.8, 4) is 0 Å². The number of hydrogen-bond acceptors (Lipinski definition) is 2. The lowest BCUT2D eigenvalue weighted by molar-refractivity contribution is -0.136. The van der Waals surface area contributed by atoms with Crippen molar-refractivity contribution < 1.29 is 19.8 Å². The van der Waals surface area contributed by atoms with Gasteiger partial charge in [-0.15, -0.1) is 0 Å². The van der Waals surface area contributed by atoms with E-state index in [0.29, 0.717) is 6.42 Å². The largest absolute Gasteiger partial charge is 0.478 e. The SMILES string of the molecule is CCC=CCCC(C(=O)O)=C(C)C(=O)O. The molecule has 0 saturated heterocycles. The average molecular weight is 212 g/mol. The summed E-state index contributed by atoms with van der Waals surface area (Å²) in [5.74, 6) is -2.33. The van der Waals surface area contributed by atoms with Crippen LogP contribution in [0.4, 0.5) is 0 Å². The standard InChI is InChI=1S/C11H16O4/c1-3-4-5-6-7-9(11(14)15)8(2)10(12)13/h4-5H,3,6-7H2,1-2H3,(H,12,13)(H,14,15). The van der Waals surface area contributed by atoms with Gasteiger partial charge < -0.3 is 10.2 Å². The molecule has 0 unspecified atom stereocenters. The number of carbonyl (C=O) groups is 2. The predicted molar refractivity (Wildman–Crippen MR) is 56.6 cm³/mol. The van der Waals surface area contributed by atoms with Crippen LogP contribution in [0, 0.1) is 0 Å². The minimum Gasteiger partial charge on any atom is -0.478 e. The highest BCUT2D eigenvalue weighted by molar-refractivity contribution is 5.98. The molecule has 84 valence electrons. The van der Waals surface area contributed by atoms with Gasteiger partial charge in [-0.05, 0) is 26.2 Å². The van der Waals surface area contributed by atoms with E-state index in [0.717, 1.165) is 6.42 Å². The van der Waals surface area contributed by atoms with Crippen LogP contribution in [-0.2, 0) is 9.59 Å². The van der Waals surface area contributed by atoms with Crippen molar-refractivity contribution in [2.75, 3.05) is 0 Å². The van der Waals surface area contributed by atoms with Crippen molar-refractivity contribution in [1.82, 2.24) is 0 Å². The summed E-state index contributed by atoms with van der Waals surface area (Å²) in [6.07, 6.45) is 5.49. The summed E-state index contributed by atoms with van der Waals surface area (Å²) in [4.78, 5) is 21.4. The fraction of sp³-hybridized carbons (Fsp3) is 0.455. The van der Waals surface area contributed by atoms with Crippen molar-refractivity contribution in [3.63, 3.8) is 0 Å². The molecule has 4 heteroatoms. The molecule has 0 aromatic carbocycles. The maximum Gasteiger partial charge on any atom is 0.332 e. The Kier molecular flexibility index (Phi) is 6.09. The lowest BCUT2D eigenvalue weighted by atomic mass is 10.0. The van der Waals surface area contributed by atoms with Gasteiger partial charge in [-0.3, -0.25) is 0 Å². The zero-order chi connectivity index (χ0) is 11.8. The van der Waals surface area contributed by atoms with Gasteiger partial charge in [-0.1, -0.05) is 19.1 Å². The molecular formula is C11H16O4. The van der Waals surface area contributed by atoms with Crippen molar-refractivity contribution in [3.05, 3.63) is 23.3 Å². The third kappa shape index (κ3) is 5.00. The van der Waals surface area contributed by atoms with Crippen LogP contribution < -0.4 is 0 Å². The quantitative estimate of drug-likeness (QED) is 0.523. The van der Waals surface area contributed by atoms with Gasteiger partial charge in [0.25, 0.3) is 0 Å². The fourth-order valence-corrected chi connectivity index (χ4v) is 1.10. The molecule has 0 amide bonds. The maximum atomic E-state index is 10.8. The van der Waals surface area contributed by atoms with Crippen molar-refractivity contribution in [2.24, 2.45) is 0 Å². The van der Waals surface area contributed by atoms with Gasteiger partial charge in [-0.25, -0.2) is 9.59 Å². The number of hydrogen-bond donors (Lipinski definition) is 2. The zero-order valence-corrected chi connectivity index (χ0v) is 8.99. The first kappa shape index (κ1) is 13.4. The zero-order valence-electron chi connectivity index (χ0n) is 8.99. The normalized spacial score (nSPS) is 12.7. The van der Waals surface area contributed by atoms with Crippen LogP contribution in [0.3, 0.4) is 0 Å². The van der Waals surface area contributed by atoms with Crippen molar-refractivity contribution >= 4 is 11.9 Å². The lowest BCUT2D eigenvalue weighted by Crippen LogP contribution is -2.09. The van der Waals surface area contributed by atoms with Crippen LogP contribution in [0.1, 0.15) is 33.1 Å². The number of aliphatic carboxylic acids is 2. The molecule has 4 nitrogen and oxygen atoms in total. The highest BCUT2D eigenvalue weighted by Crippen LogP contribution is 2.12. The highest BCUT2D eigenvalue weighted by Gasteiger charge is 2.14. The van der Waals surface area contributed by atoms with E-state index in [2.05, 4.69) is 0 Å². The lowest BCUT2D eigenvalue weighted by Gasteiger charge is -2.02. The maximum absolute atomic E-state index is 10.8. The van der Waals surface area contributed by atoms with E-state index in [1.165, 1.54) is 6.92 Å². The van der Waals surface area contributed by atoms with Gasteiger partial charge >= 0.3 is 11.9 Å². The summed E-state index contributed by atoms with van der Waals surface area (Å²) < 4.78 is 0. The molecule has 0 atom stereocenters. The van der Waals surface area contributed by atoms with Crippen LogP contribution in [0.2, 0.25) is 0 Å². The third-order valence-electron chi connectivity index (χ3n) is 1.99. The van der Waals surface area contributed by atoms with Crippen LogP contribution in [0.15, 0.2) is 23.3 Å². The van der Waals surface area contributed by atoms with Crippen molar-refractivity contribution in [2.45, 2.75) is 33.1 Å². The Morgan fingerprint density at radius 2 is 1.73 bits per heavy atom. The van der Waals surface area contributed by atoms with E-state index in [-0.39, 0.29) is 17.6 Å². The predicted octanol–water partition coefficient (Wildman–Crippen LogP) is 2.22. The Balaban J connectivity index is 4.56. The number of carboxylic acid groups (broad SMARTS) is 2. The number of rotatable bonds is 6. The van der Waals surface area contributed by atoms with Gasteiger partial charge in [0, 0.05) is 11.1 Å². The number of carboxylic acids is 2. The third-order valence-corrected chi connectivity index (χ3v) is 1.99. The van der Waals surface area contributed by atoms with Crippen LogP contribution >= 0.6 is 0 Å². The molecule has 0 aliphatic rings.